The van der Waals surface area contributed by atoms with Gasteiger partial charge in [0.1, 0.15) is 11.6 Å². The smallest absolute Gasteiger partial charge is 0.145 e. The molecule has 10 rings (SSSR count). The second-order valence-electron chi connectivity index (χ2n) is 16.5. The first-order chi connectivity index (χ1) is 32.2. The average molecular weight is 1030 g/mol. The van der Waals surface area contributed by atoms with Crippen LogP contribution in [0.25, 0.3) is 56.2 Å². The van der Waals surface area contributed by atoms with Crippen molar-refractivity contribution < 1.29 is 0 Å². The van der Waals surface area contributed by atoms with E-state index in [0.29, 0.717) is 20.1 Å². The molecule has 2 heterocycles. The Labute approximate surface area is 420 Å². The molecule has 0 atom stereocenters. The third kappa shape index (κ3) is 10.3. The fraction of sp³-hybridized carbons (Fsp3) is 0.107. The molecule has 8 aromatic carbocycles. The largest absolute Gasteiger partial charge is 0.399 e. The molecule has 2 aromatic heterocycles. The first-order valence-electron chi connectivity index (χ1n) is 21.6. The second-order valence-corrected chi connectivity index (χ2v) is 18.9. The molecule has 0 saturated carbocycles. The van der Waals surface area contributed by atoms with E-state index in [-0.39, 0.29) is 0 Å². The van der Waals surface area contributed by atoms with Gasteiger partial charge >= 0.3 is 0 Å². The third-order valence-corrected chi connectivity index (χ3v) is 13.8. The van der Waals surface area contributed by atoms with E-state index in [2.05, 4.69) is 145 Å². The summed E-state index contributed by atoms with van der Waals surface area (Å²) in [5.74, 6) is 1.86. The van der Waals surface area contributed by atoms with Crippen molar-refractivity contribution in [2.45, 2.75) is 41.5 Å². The van der Waals surface area contributed by atoms with Gasteiger partial charge in [-0.3, -0.25) is 9.13 Å². The topological polar surface area (TPSA) is 73.7 Å². The number of hydrogen-bond donors (Lipinski definition) is 2. The van der Waals surface area contributed by atoms with E-state index in [0.717, 1.165) is 66.4 Å². The van der Waals surface area contributed by atoms with E-state index < -0.39 is 0 Å². The molecule has 0 aliphatic heterocycles. The number of nitrogens with zero attached hydrogens (tertiary/aromatic N) is 4. The molecule has 336 valence electrons. The van der Waals surface area contributed by atoms with Crippen molar-refractivity contribution in [2.24, 2.45) is 0 Å². The molecule has 10 aromatic rings. The number of nitrogens with two attached hydrogens (primary N) is 1. The van der Waals surface area contributed by atoms with Gasteiger partial charge in [0.05, 0.1) is 59.2 Å². The van der Waals surface area contributed by atoms with E-state index in [1.165, 1.54) is 44.8 Å². The van der Waals surface area contributed by atoms with Gasteiger partial charge in [-0.1, -0.05) is 118 Å². The molecule has 0 saturated heterocycles. The highest BCUT2D eigenvalue weighted by Crippen LogP contribution is 2.36. The minimum atomic E-state index is 0.510. The Morgan fingerprint density at radius 3 is 1.34 bits per heavy atom. The first-order valence-corrected chi connectivity index (χ1v) is 23.9. The van der Waals surface area contributed by atoms with E-state index >= 15 is 0 Å². The molecule has 67 heavy (non-hydrogen) atoms. The van der Waals surface area contributed by atoms with Gasteiger partial charge in [0.2, 0.25) is 0 Å². The van der Waals surface area contributed by atoms with Crippen molar-refractivity contribution in [3.05, 3.63) is 216 Å². The third-order valence-electron chi connectivity index (χ3n) is 11.3. The summed E-state index contributed by atoms with van der Waals surface area (Å²) < 4.78 is 5.37. The summed E-state index contributed by atoms with van der Waals surface area (Å²) in [6.07, 6.45) is 0. The molecule has 0 fully saturated rings. The van der Waals surface area contributed by atoms with Gasteiger partial charge in [-0.05, 0) is 177 Å². The lowest BCUT2D eigenvalue weighted by atomic mass is 10.0. The first kappa shape index (κ1) is 47.4. The normalized spacial score (nSPS) is 11.0. The Bertz CT molecular complexity index is 3350. The van der Waals surface area contributed by atoms with Crippen LogP contribution < -0.4 is 11.1 Å². The number of para-hydroxylation sites is 4. The Hall–Kier alpha value is -6.06. The maximum absolute atomic E-state index is 6.34. The number of anilines is 3. The predicted molar refractivity (Wildman–Crippen MR) is 290 cm³/mol. The lowest BCUT2D eigenvalue weighted by Crippen LogP contribution is -2.03. The van der Waals surface area contributed by atoms with Gasteiger partial charge in [-0.25, -0.2) is 9.97 Å². The van der Waals surface area contributed by atoms with Gasteiger partial charge in [-0.2, -0.15) is 0 Å². The van der Waals surface area contributed by atoms with Crippen LogP contribution in [0.4, 0.5) is 17.1 Å². The molecule has 0 amide bonds. The second kappa shape index (κ2) is 20.4. The molecule has 0 radical (unpaired) electrons. The lowest BCUT2D eigenvalue weighted by molar-refractivity contribution is 1.06. The van der Waals surface area contributed by atoms with Crippen molar-refractivity contribution in [1.29, 1.82) is 0 Å². The van der Waals surface area contributed by atoms with Gasteiger partial charge < -0.3 is 11.1 Å². The van der Waals surface area contributed by atoms with Crippen LogP contribution in [0.1, 0.15) is 33.4 Å². The van der Waals surface area contributed by atoms with Crippen LogP contribution in [-0.2, 0) is 0 Å². The van der Waals surface area contributed by atoms with Crippen LogP contribution in [0.15, 0.2) is 162 Å². The van der Waals surface area contributed by atoms with Gasteiger partial charge in [0.25, 0.3) is 0 Å². The molecule has 0 aliphatic rings. The number of fused-ring (bicyclic) bond motifs is 2. The lowest BCUT2D eigenvalue weighted by Gasteiger charge is -2.16. The minimum absolute atomic E-state index is 0.510. The van der Waals surface area contributed by atoms with Gasteiger partial charge in [0, 0.05) is 27.0 Å². The molecule has 0 spiro atoms. The molecule has 11 heteroatoms. The van der Waals surface area contributed by atoms with Crippen LogP contribution in [0.2, 0.25) is 20.1 Å². The Morgan fingerprint density at radius 2 is 0.896 bits per heavy atom. The summed E-state index contributed by atoms with van der Waals surface area (Å²) in [5, 5.41) is 5.52. The monoisotopic (exact) mass is 1020 g/mol. The van der Waals surface area contributed by atoms with Crippen molar-refractivity contribution in [2.75, 3.05) is 11.1 Å². The number of nitrogens with one attached hydrogen (secondary N) is 1. The highest BCUT2D eigenvalue weighted by molar-refractivity contribution is 9.10. The van der Waals surface area contributed by atoms with Crippen molar-refractivity contribution in [3.8, 4) is 34.2 Å². The summed E-state index contributed by atoms with van der Waals surface area (Å²) in [6, 6.07) is 52.6. The van der Waals surface area contributed by atoms with Crippen LogP contribution in [-0.4, -0.2) is 19.1 Å². The van der Waals surface area contributed by atoms with Gasteiger partial charge in [0.15, 0.2) is 0 Å². The number of halogens is 5. The molecule has 6 nitrogen and oxygen atoms in total. The van der Waals surface area contributed by atoms with E-state index in [9.17, 15) is 0 Å². The Kier molecular flexibility index (Phi) is 14.5. The van der Waals surface area contributed by atoms with Crippen LogP contribution in [0, 0.1) is 41.5 Å². The number of rotatable bonds is 6. The summed E-state index contributed by atoms with van der Waals surface area (Å²) in [7, 11) is 0. The molecular formula is C56H47BrCl4N6. The van der Waals surface area contributed by atoms with Crippen molar-refractivity contribution >= 4 is 101 Å². The highest BCUT2D eigenvalue weighted by Gasteiger charge is 2.19. The predicted octanol–water partition coefficient (Wildman–Crippen LogP) is 17.6. The molecular weight excluding hydrogens is 978 g/mol. The number of hydrogen-bond acceptors (Lipinski definition) is 4. The van der Waals surface area contributed by atoms with Crippen LogP contribution in [0.3, 0.4) is 0 Å². The number of benzene rings is 8. The minimum Gasteiger partial charge on any atom is -0.399 e. The number of aromatic nitrogens is 4. The van der Waals surface area contributed by atoms with Crippen LogP contribution >= 0.6 is 62.3 Å². The number of aryl methyl sites for hydroxylation is 6. The standard InChI is InChI=1S/C28H23Cl2N3.C22H21N3.C6H3BrCl2/c1-17-15-18(2)27(19(3)16-17)33-25-10-5-4-8-23(25)32-28(33)20-11-13-21(14-12-20)31-24-9-6-7-22(29)26(24)30;1-14-12-15(2)21(16(3)13-14)25-20-7-5-4-6-19(20)24-22(25)17-8-10-18(23)11-9-17;7-4-2-1-3-5(8)6(4)9/h4-16,31H,1-3H3;4-13H,23H2,1-3H3;1-3H. The van der Waals surface area contributed by atoms with Crippen molar-refractivity contribution in [3.63, 3.8) is 0 Å². The zero-order valence-electron chi connectivity index (χ0n) is 37.8. The summed E-state index contributed by atoms with van der Waals surface area (Å²) in [4.78, 5) is 9.92. The molecule has 3 N–H and O–H groups in total. The quantitative estimate of drug-likeness (QED) is 0.129. The van der Waals surface area contributed by atoms with Crippen LogP contribution in [0.5, 0.6) is 0 Å². The zero-order valence-corrected chi connectivity index (χ0v) is 42.4. The molecule has 0 unspecified atom stereocenters. The average Bonchev–Trinajstić information content (AvgIpc) is 3.87. The maximum atomic E-state index is 6.34. The highest BCUT2D eigenvalue weighted by atomic mass is 79.9. The zero-order chi connectivity index (χ0) is 47.5. The fourth-order valence-corrected chi connectivity index (χ4v) is 9.64. The summed E-state index contributed by atoms with van der Waals surface area (Å²) in [6.45, 7) is 12.9. The van der Waals surface area contributed by atoms with E-state index in [1.807, 2.05) is 72.8 Å². The van der Waals surface area contributed by atoms with Gasteiger partial charge in [-0.15, -0.1) is 0 Å². The molecule has 0 bridgehead atoms. The Morgan fingerprint density at radius 1 is 0.478 bits per heavy atom. The van der Waals surface area contributed by atoms with Crippen molar-refractivity contribution in [1.82, 2.24) is 19.1 Å². The van der Waals surface area contributed by atoms with E-state index in [4.69, 9.17) is 62.1 Å². The van der Waals surface area contributed by atoms with E-state index in [1.54, 1.807) is 12.1 Å². The summed E-state index contributed by atoms with van der Waals surface area (Å²) in [5.41, 5.74) is 24.5. The SMILES string of the molecule is Cc1cc(C)c(-n2c(-c3ccc(N)cc3)nc3ccccc32)c(C)c1.Cc1cc(C)c(-n2c(-c3ccc(Nc4cccc(Cl)c4Cl)cc3)nc3ccccc32)c(C)c1.Clc1cccc(Br)c1Cl. The Balaban J connectivity index is 0.000000157. The molecule has 0 aliphatic carbocycles. The number of nitrogen functional groups attached to an aromatic ring is 1. The summed E-state index contributed by atoms with van der Waals surface area (Å²) >= 11 is 27.1. The maximum Gasteiger partial charge on any atom is 0.145 e. The number of imidazole rings is 2. The fourth-order valence-electron chi connectivity index (χ4n) is 8.51.